The minimum Gasteiger partial charge on any atom is -0.378 e. The Morgan fingerprint density at radius 3 is 1.94 bits per heavy atom. The van der Waals surface area contributed by atoms with Crippen LogP contribution in [-0.4, -0.2) is 11.3 Å². The third kappa shape index (κ3) is 4.02. The van der Waals surface area contributed by atoms with Crippen molar-refractivity contribution in [2.45, 2.75) is 19.2 Å². The van der Waals surface area contributed by atoms with Crippen molar-refractivity contribution in [3.63, 3.8) is 0 Å². The Hall–Kier alpha value is -1.64. The number of hydrogen-bond donors (Lipinski definition) is 2. The molecule has 2 aromatic rings. The summed E-state index contributed by atoms with van der Waals surface area (Å²) in [6.07, 6.45) is 0.130. The Kier molecular flexibility index (Phi) is 4.30. The second-order valence-electron chi connectivity index (χ2n) is 4.07. The number of aliphatic hydroxyl groups excluding tert-OH is 1. The largest absolute Gasteiger partial charge is 0.378 e. The molecule has 1 unspecified atom stereocenters. The highest BCUT2D eigenvalue weighted by molar-refractivity contribution is 5.16. The van der Waals surface area contributed by atoms with Crippen molar-refractivity contribution in [2.24, 2.45) is 0 Å². The van der Waals surface area contributed by atoms with Crippen LogP contribution >= 0.6 is 0 Å². The predicted molar refractivity (Wildman–Crippen MR) is 69.4 cm³/mol. The number of hydrogen-bond acceptors (Lipinski definition) is 2. The summed E-state index contributed by atoms with van der Waals surface area (Å²) in [5.74, 6) is 0. The zero-order chi connectivity index (χ0) is 11.9. The molecule has 0 fully saturated rings. The average molecular weight is 227 g/mol. The van der Waals surface area contributed by atoms with E-state index >= 15 is 0 Å². The standard InChI is InChI=1S/C15H17NO/c17-15(11-13-7-3-1-4-8-13)16-12-14-9-5-2-6-10-14/h1-10,15-17H,11-12H2. The fourth-order valence-electron chi connectivity index (χ4n) is 1.74. The normalized spacial score (nSPS) is 12.3. The molecule has 2 nitrogen and oxygen atoms in total. The molecular formula is C15H17NO. The Balaban J connectivity index is 1.80. The molecular weight excluding hydrogens is 210 g/mol. The maximum absolute atomic E-state index is 9.85. The van der Waals surface area contributed by atoms with Crippen LogP contribution in [0.2, 0.25) is 0 Å². The fourth-order valence-corrected chi connectivity index (χ4v) is 1.74. The molecule has 0 aliphatic heterocycles. The first-order chi connectivity index (χ1) is 8.34. The van der Waals surface area contributed by atoms with Crippen LogP contribution in [0.15, 0.2) is 60.7 Å². The maximum atomic E-state index is 9.85. The molecule has 0 aromatic heterocycles. The molecule has 17 heavy (non-hydrogen) atoms. The number of rotatable bonds is 5. The van der Waals surface area contributed by atoms with E-state index in [1.165, 1.54) is 5.56 Å². The summed E-state index contributed by atoms with van der Waals surface area (Å²) < 4.78 is 0. The van der Waals surface area contributed by atoms with Gasteiger partial charge < -0.3 is 5.11 Å². The minimum atomic E-state index is -0.502. The fraction of sp³-hybridized carbons (Fsp3) is 0.200. The molecule has 0 aliphatic rings. The van der Waals surface area contributed by atoms with Gasteiger partial charge >= 0.3 is 0 Å². The second-order valence-corrected chi connectivity index (χ2v) is 4.07. The van der Waals surface area contributed by atoms with Crippen LogP contribution in [0.4, 0.5) is 0 Å². The molecule has 2 heteroatoms. The van der Waals surface area contributed by atoms with Gasteiger partial charge in [-0.05, 0) is 11.1 Å². The van der Waals surface area contributed by atoms with Crippen LogP contribution in [0.3, 0.4) is 0 Å². The van der Waals surface area contributed by atoms with Gasteiger partial charge in [0, 0.05) is 13.0 Å². The Morgan fingerprint density at radius 2 is 1.35 bits per heavy atom. The number of aliphatic hydroxyl groups is 1. The summed E-state index contributed by atoms with van der Waals surface area (Å²) in [5, 5.41) is 13.0. The molecule has 2 aromatic carbocycles. The summed E-state index contributed by atoms with van der Waals surface area (Å²) in [4.78, 5) is 0. The van der Waals surface area contributed by atoms with E-state index in [0.717, 1.165) is 5.56 Å². The molecule has 0 amide bonds. The van der Waals surface area contributed by atoms with Gasteiger partial charge in [0.25, 0.3) is 0 Å². The van der Waals surface area contributed by atoms with Gasteiger partial charge in [-0.3, -0.25) is 5.32 Å². The van der Waals surface area contributed by atoms with Crippen molar-refractivity contribution in [1.82, 2.24) is 5.32 Å². The van der Waals surface area contributed by atoms with E-state index in [2.05, 4.69) is 5.32 Å². The Labute approximate surface area is 102 Å². The highest BCUT2D eigenvalue weighted by Gasteiger charge is 2.03. The molecule has 0 saturated carbocycles. The summed E-state index contributed by atoms with van der Waals surface area (Å²) in [7, 11) is 0. The Bertz CT molecular complexity index is 427. The van der Waals surface area contributed by atoms with E-state index in [-0.39, 0.29) is 0 Å². The molecule has 0 bridgehead atoms. The molecule has 0 aliphatic carbocycles. The van der Waals surface area contributed by atoms with Crippen molar-refractivity contribution in [3.05, 3.63) is 71.8 Å². The highest BCUT2D eigenvalue weighted by atomic mass is 16.3. The SMILES string of the molecule is OC(Cc1ccccc1)NCc1ccccc1. The van der Waals surface area contributed by atoms with Crippen molar-refractivity contribution in [3.8, 4) is 0 Å². The first-order valence-electron chi connectivity index (χ1n) is 5.84. The summed E-state index contributed by atoms with van der Waals surface area (Å²) in [6.45, 7) is 0.689. The van der Waals surface area contributed by atoms with E-state index in [9.17, 15) is 5.11 Å². The minimum absolute atomic E-state index is 0.502. The molecule has 0 spiro atoms. The van der Waals surface area contributed by atoms with Gasteiger partial charge in [0.1, 0.15) is 6.23 Å². The summed E-state index contributed by atoms with van der Waals surface area (Å²) >= 11 is 0. The lowest BCUT2D eigenvalue weighted by atomic mass is 10.1. The molecule has 2 rings (SSSR count). The van der Waals surface area contributed by atoms with Gasteiger partial charge in [0.05, 0.1) is 0 Å². The molecule has 88 valence electrons. The third-order valence-corrected chi connectivity index (χ3v) is 2.66. The van der Waals surface area contributed by atoms with Gasteiger partial charge in [-0.15, -0.1) is 0 Å². The van der Waals surface area contributed by atoms with E-state index in [4.69, 9.17) is 0 Å². The van der Waals surface area contributed by atoms with E-state index < -0.39 is 6.23 Å². The second kappa shape index (κ2) is 6.18. The molecule has 2 N–H and O–H groups in total. The zero-order valence-electron chi connectivity index (χ0n) is 9.71. The van der Waals surface area contributed by atoms with Gasteiger partial charge in [0.2, 0.25) is 0 Å². The molecule has 0 radical (unpaired) electrons. The molecule has 1 atom stereocenters. The van der Waals surface area contributed by atoms with Gasteiger partial charge in [-0.25, -0.2) is 0 Å². The van der Waals surface area contributed by atoms with Crippen LogP contribution in [0.5, 0.6) is 0 Å². The van der Waals surface area contributed by atoms with Crippen molar-refractivity contribution in [1.29, 1.82) is 0 Å². The highest BCUT2D eigenvalue weighted by Crippen LogP contribution is 2.03. The zero-order valence-corrected chi connectivity index (χ0v) is 9.71. The monoisotopic (exact) mass is 227 g/mol. The topological polar surface area (TPSA) is 32.3 Å². The smallest absolute Gasteiger partial charge is 0.109 e. The molecule has 0 heterocycles. The molecule has 0 saturated heterocycles. The van der Waals surface area contributed by atoms with E-state index in [0.29, 0.717) is 13.0 Å². The van der Waals surface area contributed by atoms with Gasteiger partial charge in [-0.1, -0.05) is 60.7 Å². The van der Waals surface area contributed by atoms with Crippen LogP contribution in [0.25, 0.3) is 0 Å². The lowest BCUT2D eigenvalue weighted by molar-refractivity contribution is 0.135. The number of benzene rings is 2. The van der Waals surface area contributed by atoms with Crippen molar-refractivity contribution in [2.75, 3.05) is 0 Å². The predicted octanol–water partition coefficient (Wildman–Crippen LogP) is 2.34. The van der Waals surface area contributed by atoms with Crippen molar-refractivity contribution < 1.29 is 5.11 Å². The summed E-state index contributed by atoms with van der Waals surface area (Å²) in [6, 6.07) is 20.1. The van der Waals surface area contributed by atoms with Crippen molar-refractivity contribution >= 4 is 0 Å². The van der Waals surface area contributed by atoms with Crippen LogP contribution in [0.1, 0.15) is 11.1 Å². The lowest BCUT2D eigenvalue weighted by Gasteiger charge is -2.12. The Morgan fingerprint density at radius 1 is 0.824 bits per heavy atom. The van der Waals surface area contributed by atoms with Crippen LogP contribution in [0, 0.1) is 0 Å². The quantitative estimate of drug-likeness (QED) is 0.768. The van der Waals surface area contributed by atoms with E-state index in [1.54, 1.807) is 0 Å². The summed E-state index contributed by atoms with van der Waals surface area (Å²) in [5.41, 5.74) is 2.32. The van der Waals surface area contributed by atoms with Gasteiger partial charge in [0.15, 0.2) is 0 Å². The van der Waals surface area contributed by atoms with Crippen LogP contribution in [-0.2, 0) is 13.0 Å². The van der Waals surface area contributed by atoms with Gasteiger partial charge in [-0.2, -0.15) is 0 Å². The number of nitrogens with one attached hydrogen (secondary N) is 1. The first-order valence-corrected chi connectivity index (χ1v) is 5.84. The average Bonchev–Trinajstić information content (AvgIpc) is 2.39. The first kappa shape index (κ1) is 11.8. The maximum Gasteiger partial charge on any atom is 0.109 e. The van der Waals surface area contributed by atoms with Crippen LogP contribution < -0.4 is 5.32 Å². The third-order valence-electron chi connectivity index (χ3n) is 2.66. The lowest BCUT2D eigenvalue weighted by Crippen LogP contribution is -2.30. The van der Waals surface area contributed by atoms with E-state index in [1.807, 2.05) is 60.7 Å².